The maximum Gasteiger partial charge on any atom is 0.308 e. The molecule has 0 saturated carbocycles. The van der Waals surface area contributed by atoms with Crippen LogP contribution < -0.4 is 5.32 Å². The van der Waals surface area contributed by atoms with Crippen LogP contribution in [0.25, 0.3) is 0 Å². The Hall–Kier alpha value is -0.883. The largest absolute Gasteiger partial charge is 0.481 e. The van der Waals surface area contributed by atoms with E-state index in [1.165, 1.54) is 0 Å². The van der Waals surface area contributed by atoms with Gasteiger partial charge in [0.25, 0.3) is 0 Å². The van der Waals surface area contributed by atoms with Gasteiger partial charge in [-0.15, -0.1) is 0 Å². The van der Waals surface area contributed by atoms with Crippen LogP contribution >= 0.6 is 0 Å². The fraction of sp³-hybridized carbons (Fsp3) is 0.857. The molecule has 1 fully saturated rings. The van der Waals surface area contributed by atoms with E-state index in [2.05, 4.69) is 5.32 Å². The second-order valence-electron chi connectivity index (χ2n) is 7.31. The van der Waals surface area contributed by atoms with E-state index in [0.29, 0.717) is 0 Å². The zero-order valence-electron chi connectivity index (χ0n) is 13.2. The fourth-order valence-electron chi connectivity index (χ4n) is 2.80. The molecular weight excluding hydrogens is 274 g/mol. The number of aliphatic carboxylic acids is 1. The number of hydrogen-bond donors (Lipinski definition) is 3. The molecule has 4 atom stereocenters. The zero-order valence-corrected chi connectivity index (χ0v) is 14.2. The lowest BCUT2D eigenvalue weighted by atomic mass is 9.72. The summed E-state index contributed by atoms with van der Waals surface area (Å²) >= 11 is 0. The lowest BCUT2D eigenvalue weighted by Gasteiger charge is -2.46. The van der Waals surface area contributed by atoms with Crippen LogP contribution in [0.2, 0.25) is 18.1 Å². The van der Waals surface area contributed by atoms with Crippen molar-refractivity contribution in [3.8, 4) is 0 Å². The third kappa shape index (κ3) is 3.23. The number of carboxylic acids is 1. The Morgan fingerprint density at radius 3 is 2.25 bits per heavy atom. The number of carboxylic acid groups (broad SMARTS) is 1. The van der Waals surface area contributed by atoms with Crippen LogP contribution in [0.15, 0.2) is 0 Å². The highest BCUT2D eigenvalue weighted by Gasteiger charge is 2.49. The lowest BCUT2D eigenvalue weighted by molar-refractivity contribution is -0.149. The highest BCUT2D eigenvalue weighted by molar-refractivity contribution is 6.72. The smallest absolute Gasteiger partial charge is 0.308 e. The predicted octanol–water partition coefficient (Wildman–Crippen LogP) is 1.83. The Morgan fingerprint density at radius 2 is 1.90 bits per heavy atom. The molecule has 0 aliphatic carbocycles. The van der Waals surface area contributed by atoms with Gasteiger partial charge in [-0.2, -0.15) is 0 Å². The van der Waals surface area contributed by atoms with Crippen molar-refractivity contribution in [3.05, 3.63) is 0 Å². The number of carbonyl (C=O) groups excluding carboxylic acids is 1. The lowest BCUT2D eigenvalue weighted by Crippen LogP contribution is -2.64. The average Bonchev–Trinajstić information content (AvgIpc) is 2.21. The summed E-state index contributed by atoms with van der Waals surface area (Å²) in [5.74, 6) is -1.74. The molecule has 0 unspecified atom stereocenters. The van der Waals surface area contributed by atoms with Gasteiger partial charge in [-0.25, -0.2) is 0 Å². The summed E-state index contributed by atoms with van der Waals surface area (Å²) in [6.07, 6.45) is 0.726. The van der Waals surface area contributed by atoms with E-state index in [-0.39, 0.29) is 28.8 Å². The van der Waals surface area contributed by atoms with Crippen LogP contribution in [0.5, 0.6) is 0 Å². The molecule has 0 radical (unpaired) electrons. The Balaban J connectivity index is 2.78. The van der Waals surface area contributed by atoms with Crippen LogP contribution in [-0.2, 0) is 9.59 Å². The normalized spacial score (nSPS) is 26.4. The van der Waals surface area contributed by atoms with Crippen LogP contribution in [0.1, 0.15) is 34.1 Å². The third-order valence-corrected chi connectivity index (χ3v) is 8.54. The number of amides is 1. The summed E-state index contributed by atoms with van der Waals surface area (Å²) in [6.45, 7) is 11.5. The molecule has 0 aromatic rings. The molecule has 1 rings (SSSR count). The second kappa shape index (κ2) is 5.48. The first-order valence-electron chi connectivity index (χ1n) is 7.14. The van der Waals surface area contributed by atoms with E-state index < -0.39 is 20.2 Å². The number of carbonyl (C=O) groups is 2. The van der Waals surface area contributed by atoms with Gasteiger partial charge in [0.1, 0.15) is 0 Å². The van der Waals surface area contributed by atoms with E-state index in [4.69, 9.17) is 5.11 Å². The second-order valence-corrected chi connectivity index (χ2v) is 11.8. The van der Waals surface area contributed by atoms with E-state index in [1.807, 2.05) is 33.9 Å². The molecule has 0 spiro atoms. The predicted molar refractivity (Wildman–Crippen MR) is 79.7 cm³/mol. The van der Waals surface area contributed by atoms with Gasteiger partial charge in [-0.05, 0) is 37.4 Å². The van der Waals surface area contributed by atoms with E-state index in [0.717, 1.165) is 6.42 Å². The summed E-state index contributed by atoms with van der Waals surface area (Å²) in [5.41, 5.74) is 0. The SMILES string of the molecule is C[C@@H](CC(C)(C)[Si](C)(C)O)[C@H]1C(=O)N[C@@H]1[C@@H](C)C(=O)O. The van der Waals surface area contributed by atoms with Gasteiger partial charge in [0.15, 0.2) is 8.32 Å². The van der Waals surface area contributed by atoms with Crippen LogP contribution in [0.3, 0.4) is 0 Å². The Kier molecular flexibility index (Phi) is 4.71. The summed E-state index contributed by atoms with van der Waals surface area (Å²) in [6, 6.07) is -0.297. The fourth-order valence-corrected chi connectivity index (χ4v) is 3.62. The summed E-state index contributed by atoms with van der Waals surface area (Å²) < 4.78 is 0. The standard InChI is InChI=1S/C14H27NO4Si/c1-8(7-14(3,4)20(5,6)19)10-11(15-12(10)16)9(2)13(17)18/h8-11,19H,7H2,1-6H3,(H,15,16)(H,17,18)/t8-,9+,10+,11+/m0/s1. The summed E-state index contributed by atoms with van der Waals surface area (Å²) in [5, 5.41) is 11.6. The van der Waals surface area contributed by atoms with Gasteiger partial charge in [-0.1, -0.05) is 20.8 Å². The van der Waals surface area contributed by atoms with Crippen LogP contribution in [0.4, 0.5) is 0 Å². The van der Waals surface area contributed by atoms with E-state index in [1.54, 1.807) is 6.92 Å². The Morgan fingerprint density at radius 1 is 1.40 bits per heavy atom. The summed E-state index contributed by atoms with van der Waals surface area (Å²) in [4.78, 5) is 33.2. The Labute approximate surface area is 121 Å². The molecule has 1 aliphatic heterocycles. The van der Waals surface area contributed by atoms with Crippen molar-refractivity contribution in [1.82, 2.24) is 5.32 Å². The maximum absolute atomic E-state index is 11.8. The van der Waals surface area contributed by atoms with Gasteiger partial charge < -0.3 is 15.2 Å². The van der Waals surface area contributed by atoms with Crippen molar-refractivity contribution in [3.63, 3.8) is 0 Å². The van der Waals surface area contributed by atoms with Gasteiger partial charge in [0.2, 0.25) is 5.91 Å². The molecule has 116 valence electrons. The topological polar surface area (TPSA) is 86.6 Å². The molecular formula is C14H27NO4Si. The van der Waals surface area contributed by atoms with Crippen molar-refractivity contribution >= 4 is 20.2 Å². The number of nitrogens with one attached hydrogen (secondary N) is 1. The molecule has 5 nitrogen and oxygen atoms in total. The Bertz CT molecular complexity index is 402. The molecule has 3 N–H and O–H groups in total. The first-order chi connectivity index (χ1) is 8.88. The molecule has 0 bridgehead atoms. The van der Waals surface area contributed by atoms with Gasteiger partial charge >= 0.3 is 5.97 Å². The average molecular weight is 301 g/mol. The minimum absolute atomic E-state index is 0.0597. The van der Waals surface area contributed by atoms with Crippen molar-refractivity contribution < 1.29 is 19.5 Å². The molecule has 0 aromatic carbocycles. The molecule has 1 saturated heterocycles. The van der Waals surface area contributed by atoms with Gasteiger partial charge in [-0.3, -0.25) is 9.59 Å². The zero-order chi connectivity index (χ0) is 15.9. The number of rotatable bonds is 6. The molecule has 1 amide bonds. The van der Waals surface area contributed by atoms with Gasteiger partial charge in [0, 0.05) is 0 Å². The van der Waals surface area contributed by atoms with Crippen molar-refractivity contribution in [2.75, 3.05) is 0 Å². The molecule has 6 heteroatoms. The highest BCUT2D eigenvalue weighted by atomic mass is 28.4. The van der Waals surface area contributed by atoms with Crippen molar-refractivity contribution in [1.29, 1.82) is 0 Å². The van der Waals surface area contributed by atoms with E-state index >= 15 is 0 Å². The van der Waals surface area contributed by atoms with Gasteiger partial charge in [0.05, 0.1) is 17.9 Å². The minimum atomic E-state index is -2.32. The number of hydrogen-bond acceptors (Lipinski definition) is 3. The first kappa shape index (κ1) is 17.2. The number of β-lactam (4-membered cyclic amide) rings is 1. The van der Waals surface area contributed by atoms with Crippen molar-refractivity contribution in [2.24, 2.45) is 17.8 Å². The minimum Gasteiger partial charge on any atom is -0.481 e. The quantitative estimate of drug-likeness (QED) is 0.516. The molecule has 1 heterocycles. The first-order valence-corrected chi connectivity index (χ1v) is 10.1. The molecule has 0 aromatic heterocycles. The highest BCUT2D eigenvalue weighted by Crippen LogP contribution is 2.45. The molecule has 20 heavy (non-hydrogen) atoms. The maximum atomic E-state index is 11.8. The van der Waals surface area contributed by atoms with E-state index in [9.17, 15) is 14.4 Å². The monoisotopic (exact) mass is 301 g/mol. The van der Waals surface area contributed by atoms with Crippen LogP contribution in [-0.4, -0.2) is 36.1 Å². The third-order valence-electron chi connectivity index (χ3n) is 5.03. The molecule has 1 aliphatic rings. The van der Waals surface area contributed by atoms with Crippen LogP contribution in [0, 0.1) is 17.8 Å². The van der Waals surface area contributed by atoms with Crippen molar-refractivity contribution in [2.45, 2.75) is 58.3 Å². The summed E-state index contributed by atoms with van der Waals surface area (Å²) in [7, 11) is -2.32.